The lowest BCUT2D eigenvalue weighted by atomic mass is 10.4. The third kappa shape index (κ3) is 5.00. The van der Waals surface area contributed by atoms with E-state index in [-0.39, 0.29) is 5.97 Å². The van der Waals surface area contributed by atoms with Crippen molar-refractivity contribution in [2.24, 2.45) is 0 Å². The van der Waals surface area contributed by atoms with Crippen LogP contribution in [0.1, 0.15) is 19.8 Å². The number of aldehydes is 1. The number of carbonyl (C=O) groups excluding carboxylic acids is 2. The first-order valence-corrected chi connectivity index (χ1v) is 2.90. The van der Waals surface area contributed by atoms with Gasteiger partial charge < -0.3 is 9.53 Å². The summed E-state index contributed by atoms with van der Waals surface area (Å²) in [5.41, 5.74) is 0. The maximum absolute atomic E-state index is 9.68. The summed E-state index contributed by atoms with van der Waals surface area (Å²) in [6.45, 7) is 2.45. The van der Waals surface area contributed by atoms with Crippen molar-refractivity contribution < 1.29 is 14.3 Å². The average molecular weight is 130 g/mol. The van der Waals surface area contributed by atoms with E-state index in [1.165, 1.54) is 0 Å². The van der Waals surface area contributed by atoms with Gasteiger partial charge in [0.1, 0.15) is 12.9 Å². The highest BCUT2D eigenvalue weighted by molar-refractivity contribution is 5.73. The molecule has 1 aliphatic rings. The van der Waals surface area contributed by atoms with Gasteiger partial charge in [-0.3, -0.25) is 4.79 Å². The van der Waals surface area contributed by atoms with Crippen LogP contribution < -0.4 is 0 Å². The standard InChI is InChI=1S/C3H4O2.C3H6O/c4-3-1-2-5-3;1-2-3-4/h1-2H2;3H,2H2,1H3. The molecule has 52 valence electrons. The fourth-order valence-corrected chi connectivity index (χ4v) is 0.185. The molecule has 0 aromatic heterocycles. The van der Waals surface area contributed by atoms with E-state index in [1.807, 2.05) is 6.92 Å². The minimum atomic E-state index is -0.0648. The summed E-state index contributed by atoms with van der Waals surface area (Å²) in [6.07, 6.45) is 2.14. The Labute approximate surface area is 54.0 Å². The first kappa shape index (κ1) is 8.14. The number of rotatable bonds is 1. The van der Waals surface area contributed by atoms with E-state index in [0.717, 1.165) is 6.29 Å². The quantitative estimate of drug-likeness (QED) is 0.384. The first-order valence-electron chi connectivity index (χ1n) is 2.90. The van der Waals surface area contributed by atoms with E-state index in [9.17, 15) is 9.59 Å². The van der Waals surface area contributed by atoms with Gasteiger partial charge in [0.15, 0.2) is 0 Å². The normalized spacial score (nSPS) is 14.1. The molecule has 3 heteroatoms. The molecule has 0 spiro atoms. The van der Waals surface area contributed by atoms with Crippen LogP contribution in [0.25, 0.3) is 0 Å². The Balaban J connectivity index is 0.000000148. The molecule has 0 atom stereocenters. The molecule has 0 unspecified atom stereocenters. The molecule has 0 saturated carbocycles. The molecule has 0 radical (unpaired) electrons. The van der Waals surface area contributed by atoms with Gasteiger partial charge in [0.05, 0.1) is 6.42 Å². The van der Waals surface area contributed by atoms with Crippen LogP contribution in [-0.4, -0.2) is 18.9 Å². The second-order valence-electron chi connectivity index (χ2n) is 1.55. The molecule has 1 fully saturated rings. The average Bonchev–Trinajstić information content (AvgIpc) is 1.84. The van der Waals surface area contributed by atoms with Gasteiger partial charge in [-0.25, -0.2) is 0 Å². The van der Waals surface area contributed by atoms with Crippen molar-refractivity contribution in [2.45, 2.75) is 19.8 Å². The van der Waals surface area contributed by atoms with Crippen LogP contribution in [0, 0.1) is 0 Å². The summed E-state index contributed by atoms with van der Waals surface area (Å²) >= 11 is 0. The Morgan fingerprint density at radius 2 is 2.11 bits per heavy atom. The summed E-state index contributed by atoms with van der Waals surface area (Å²) in [5, 5.41) is 0. The zero-order chi connectivity index (χ0) is 7.11. The van der Waals surface area contributed by atoms with Crippen LogP contribution in [0.3, 0.4) is 0 Å². The van der Waals surface area contributed by atoms with Crippen LogP contribution in [0.4, 0.5) is 0 Å². The monoisotopic (exact) mass is 130 g/mol. The van der Waals surface area contributed by atoms with Gasteiger partial charge in [0.25, 0.3) is 0 Å². The van der Waals surface area contributed by atoms with E-state index < -0.39 is 0 Å². The molecule has 1 saturated heterocycles. The minimum absolute atomic E-state index is 0.0648. The van der Waals surface area contributed by atoms with Gasteiger partial charge in [-0.2, -0.15) is 0 Å². The molecule has 0 bridgehead atoms. The van der Waals surface area contributed by atoms with Crippen molar-refractivity contribution in [3.05, 3.63) is 0 Å². The molecule has 0 aromatic rings. The summed E-state index contributed by atoms with van der Waals surface area (Å²) in [7, 11) is 0. The van der Waals surface area contributed by atoms with Gasteiger partial charge in [0, 0.05) is 6.42 Å². The third-order valence-corrected chi connectivity index (χ3v) is 0.736. The van der Waals surface area contributed by atoms with E-state index in [1.54, 1.807) is 0 Å². The van der Waals surface area contributed by atoms with Crippen LogP contribution in [0.15, 0.2) is 0 Å². The molecule has 0 aromatic carbocycles. The molecule has 1 heterocycles. The smallest absolute Gasteiger partial charge is 0.309 e. The Morgan fingerprint density at radius 3 is 2.11 bits per heavy atom. The summed E-state index contributed by atoms with van der Waals surface area (Å²) in [6, 6.07) is 0. The Bertz CT molecular complexity index is 92.5. The number of hydrogen-bond acceptors (Lipinski definition) is 3. The molecule has 0 N–H and O–H groups in total. The predicted octanol–water partition coefficient (Wildman–Crippen LogP) is 0.529. The van der Waals surface area contributed by atoms with Crippen LogP contribution in [-0.2, 0) is 14.3 Å². The van der Waals surface area contributed by atoms with Gasteiger partial charge in [0.2, 0.25) is 0 Å². The molecule has 3 nitrogen and oxygen atoms in total. The topological polar surface area (TPSA) is 43.4 Å². The molecule has 9 heavy (non-hydrogen) atoms. The zero-order valence-corrected chi connectivity index (χ0v) is 5.42. The van der Waals surface area contributed by atoms with Crippen LogP contribution >= 0.6 is 0 Å². The van der Waals surface area contributed by atoms with Crippen LogP contribution in [0.5, 0.6) is 0 Å². The van der Waals surface area contributed by atoms with E-state index in [4.69, 9.17) is 0 Å². The maximum Gasteiger partial charge on any atom is 0.309 e. The van der Waals surface area contributed by atoms with E-state index in [0.29, 0.717) is 19.4 Å². The van der Waals surface area contributed by atoms with Crippen molar-refractivity contribution in [2.75, 3.05) is 6.61 Å². The third-order valence-electron chi connectivity index (χ3n) is 0.736. The van der Waals surface area contributed by atoms with Crippen molar-refractivity contribution in [1.29, 1.82) is 0 Å². The number of esters is 1. The molecular formula is C6H10O3. The molecular weight excluding hydrogens is 120 g/mol. The lowest BCUT2D eigenvalue weighted by molar-refractivity contribution is -0.157. The number of cyclic esters (lactones) is 1. The highest BCUT2D eigenvalue weighted by Gasteiger charge is 2.10. The number of carbonyl (C=O) groups is 2. The van der Waals surface area contributed by atoms with Crippen molar-refractivity contribution >= 4 is 12.3 Å². The van der Waals surface area contributed by atoms with E-state index >= 15 is 0 Å². The second-order valence-corrected chi connectivity index (χ2v) is 1.55. The Morgan fingerprint density at radius 1 is 1.78 bits per heavy atom. The zero-order valence-electron chi connectivity index (χ0n) is 5.42. The minimum Gasteiger partial charge on any atom is -0.465 e. The predicted molar refractivity (Wildman–Crippen MR) is 31.9 cm³/mol. The Hall–Kier alpha value is -0.860. The first-order chi connectivity index (χ1) is 4.31. The molecule has 1 rings (SSSR count). The van der Waals surface area contributed by atoms with E-state index in [2.05, 4.69) is 4.74 Å². The molecule has 0 amide bonds. The van der Waals surface area contributed by atoms with Gasteiger partial charge in [-0.1, -0.05) is 6.92 Å². The number of hydrogen-bond donors (Lipinski definition) is 0. The van der Waals surface area contributed by atoms with Gasteiger partial charge in [-0.05, 0) is 0 Å². The van der Waals surface area contributed by atoms with Crippen molar-refractivity contribution in [3.63, 3.8) is 0 Å². The van der Waals surface area contributed by atoms with Gasteiger partial charge in [-0.15, -0.1) is 0 Å². The summed E-state index contributed by atoms with van der Waals surface area (Å²) < 4.78 is 4.29. The highest BCUT2D eigenvalue weighted by Crippen LogP contribution is 1.97. The Kier molecular flexibility index (Phi) is 4.78. The highest BCUT2D eigenvalue weighted by atomic mass is 16.6. The fourth-order valence-electron chi connectivity index (χ4n) is 0.185. The van der Waals surface area contributed by atoms with Crippen LogP contribution in [0.2, 0.25) is 0 Å². The molecule has 0 aliphatic carbocycles. The summed E-state index contributed by atoms with van der Waals surface area (Å²) in [5.74, 6) is -0.0648. The summed E-state index contributed by atoms with van der Waals surface area (Å²) in [4.78, 5) is 18.9. The number of ether oxygens (including phenoxy) is 1. The maximum atomic E-state index is 9.68. The largest absolute Gasteiger partial charge is 0.465 e. The second kappa shape index (κ2) is 5.28. The lowest BCUT2D eigenvalue weighted by Crippen LogP contribution is -2.18. The van der Waals surface area contributed by atoms with Crippen molar-refractivity contribution in [3.8, 4) is 0 Å². The lowest BCUT2D eigenvalue weighted by Gasteiger charge is -2.09. The van der Waals surface area contributed by atoms with Gasteiger partial charge >= 0.3 is 5.97 Å². The molecule has 1 aliphatic heterocycles. The fraction of sp³-hybridized carbons (Fsp3) is 0.667. The SMILES string of the molecule is CCC=O.O=C1CCO1. The van der Waals surface area contributed by atoms with Crippen molar-refractivity contribution in [1.82, 2.24) is 0 Å².